The molecule has 0 radical (unpaired) electrons. The summed E-state index contributed by atoms with van der Waals surface area (Å²) in [6, 6.07) is 8.01. The van der Waals surface area contributed by atoms with Crippen LogP contribution in [0.1, 0.15) is 19.4 Å². The van der Waals surface area contributed by atoms with Crippen molar-refractivity contribution >= 4 is 10.2 Å². The SMILES string of the molecule is Cc1cccc(OCCN2CCN(S(=O)(=O)N3C[C@@H](C)O[C@H](C)C3)CC2)c1. The summed E-state index contributed by atoms with van der Waals surface area (Å²) in [7, 11) is -3.41. The number of hydrogen-bond acceptors (Lipinski definition) is 5. The summed E-state index contributed by atoms with van der Waals surface area (Å²) < 4.78 is 40.5. The van der Waals surface area contributed by atoms with Crippen molar-refractivity contribution in [2.45, 2.75) is 33.0 Å². The zero-order chi connectivity index (χ0) is 19.4. The summed E-state index contributed by atoms with van der Waals surface area (Å²) in [5, 5.41) is 0. The second kappa shape index (κ2) is 8.87. The number of aryl methyl sites for hydroxylation is 1. The molecule has 2 aliphatic rings. The molecule has 8 heteroatoms. The lowest BCUT2D eigenvalue weighted by Crippen LogP contribution is -2.57. The molecule has 2 saturated heterocycles. The fourth-order valence-corrected chi connectivity index (χ4v) is 5.41. The van der Waals surface area contributed by atoms with E-state index in [0.29, 0.717) is 32.8 Å². The van der Waals surface area contributed by atoms with Crippen molar-refractivity contribution in [3.63, 3.8) is 0 Å². The van der Waals surface area contributed by atoms with Crippen LogP contribution < -0.4 is 4.74 Å². The molecule has 0 unspecified atom stereocenters. The van der Waals surface area contributed by atoms with E-state index in [4.69, 9.17) is 9.47 Å². The standard InChI is InChI=1S/C19H31N3O4S/c1-16-5-4-6-19(13-16)25-12-11-20-7-9-21(10-8-20)27(23,24)22-14-17(2)26-18(3)15-22/h4-6,13,17-18H,7-12,14-15H2,1-3H3/t17-,18-/m1/s1. The summed E-state index contributed by atoms with van der Waals surface area (Å²) >= 11 is 0. The number of benzene rings is 1. The normalized spacial score (nSPS) is 26.2. The first-order chi connectivity index (χ1) is 12.8. The molecule has 0 amide bonds. The van der Waals surface area contributed by atoms with Gasteiger partial charge >= 0.3 is 0 Å². The average molecular weight is 398 g/mol. The highest BCUT2D eigenvalue weighted by molar-refractivity contribution is 7.86. The third-order valence-corrected chi connectivity index (χ3v) is 7.00. The fraction of sp³-hybridized carbons (Fsp3) is 0.684. The smallest absolute Gasteiger partial charge is 0.282 e. The van der Waals surface area contributed by atoms with Crippen molar-refractivity contribution in [1.29, 1.82) is 0 Å². The van der Waals surface area contributed by atoms with Gasteiger partial charge in [-0.3, -0.25) is 4.90 Å². The summed E-state index contributed by atoms with van der Waals surface area (Å²) in [6.45, 7) is 10.6. The summed E-state index contributed by atoms with van der Waals surface area (Å²) in [5.41, 5.74) is 1.18. The lowest BCUT2D eigenvalue weighted by molar-refractivity contribution is -0.0457. The first-order valence-electron chi connectivity index (χ1n) is 9.67. The van der Waals surface area contributed by atoms with Crippen LogP contribution in [0.2, 0.25) is 0 Å². The van der Waals surface area contributed by atoms with Gasteiger partial charge in [0.1, 0.15) is 12.4 Å². The highest BCUT2D eigenvalue weighted by atomic mass is 32.2. The minimum absolute atomic E-state index is 0.0661. The van der Waals surface area contributed by atoms with Gasteiger partial charge in [-0.2, -0.15) is 17.0 Å². The largest absolute Gasteiger partial charge is 0.492 e. The number of ether oxygens (including phenoxy) is 2. The van der Waals surface area contributed by atoms with Crippen LogP contribution >= 0.6 is 0 Å². The molecule has 3 rings (SSSR count). The molecule has 0 aliphatic carbocycles. The first kappa shape index (κ1) is 20.5. The van der Waals surface area contributed by atoms with Crippen molar-refractivity contribution in [1.82, 2.24) is 13.5 Å². The second-order valence-electron chi connectivity index (χ2n) is 7.49. The van der Waals surface area contributed by atoms with Crippen LogP contribution in [-0.2, 0) is 14.9 Å². The molecule has 7 nitrogen and oxygen atoms in total. The number of hydrogen-bond donors (Lipinski definition) is 0. The maximum Gasteiger partial charge on any atom is 0.282 e. The van der Waals surface area contributed by atoms with Crippen molar-refractivity contribution in [2.24, 2.45) is 0 Å². The monoisotopic (exact) mass is 397 g/mol. The maximum atomic E-state index is 12.9. The van der Waals surface area contributed by atoms with Gasteiger partial charge in [0.2, 0.25) is 0 Å². The van der Waals surface area contributed by atoms with Crippen molar-refractivity contribution in [3.05, 3.63) is 29.8 Å². The highest BCUT2D eigenvalue weighted by Gasteiger charge is 2.36. The zero-order valence-corrected chi connectivity index (χ0v) is 17.3. The number of rotatable bonds is 6. The molecule has 2 atom stereocenters. The van der Waals surface area contributed by atoms with Gasteiger partial charge in [-0.25, -0.2) is 0 Å². The van der Waals surface area contributed by atoms with E-state index < -0.39 is 10.2 Å². The lowest BCUT2D eigenvalue weighted by atomic mass is 10.2. The van der Waals surface area contributed by atoms with E-state index >= 15 is 0 Å². The van der Waals surface area contributed by atoms with Crippen LogP contribution in [0.15, 0.2) is 24.3 Å². The Bertz CT molecular complexity index is 709. The van der Waals surface area contributed by atoms with Gasteiger partial charge in [0.15, 0.2) is 0 Å². The van der Waals surface area contributed by atoms with E-state index in [1.54, 1.807) is 8.61 Å². The molecule has 152 valence electrons. The first-order valence-corrected chi connectivity index (χ1v) is 11.1. The molecule has 0 aromatic heterocycles. The molecular formula is C19H31N3O4S. The zero-order valence-electron chi connectivity index (χ0n) is 16.5. The third kappa shape index (κ3) is 5.42. The maximum absolute atomic E-state index is 12.9. The van der Waals surface area contributed by atoms with E-state index in [1.807, 2.05) is 45.0 Å². The van der Waals surface area contributed by atoms with Crippen LogP contribution in [-0.4, -0.2) is 86.6 Å². The van der Waals surface area contributed by atoms with Crippen molar-refractivity contribution < 1.29 is 17.9 Å². The molecule has 1 aromatic rings. The number of morpholine rings is 1. The van der Waals surface area contributed by atoms with Gasteiger partial charge in [0, 0.05) is 45.8 Å². The highest BCUT2D eigenvalue weighted by Crippen LogP contribution is 2.19. The summed E-state index contributed by atoms with van der Waals surface area (Å²) in [4.78, 5) is 2.26. The minimum Gasteiger partial charge on any atom is -0.492 e. The predicted octanol–water partition coefficient (Wildman–Crippen LogP) is 1.35. The van der Waals surface area contributed by atoms with Crippen LogP contribution in [0, 0.1) is 6.92 Å². The lowest BCUT2D eigenvalue weighted by Gasteiger charge is -2.40. The molecule has 0 bridgehead atoms. The Morgan fingerprint density at radius 2 is 1.74 bits per heavy atom. The second-order valence-corrected chi connectivity index (χ2v) is 9.42. The van der Waals surface area contributed by atoms with Gasteiger partial charge in [-0.15, -0.1) is 0 Å². The molecule has 0 N–H and O–H groups in total. The fourth-order valence-electron chi connectivity index (χ4n) is 3.66. The van der Waals surface area contributed by atoms with Crippen molar-refractivity contribution in [2.75, 3.05) is 52.4 Å². The molecule has 2 aliphatic heterocycles. The molecular weight excluding hydrogens is 366 g/mol. The van der Waals surface area contributed by atoms with Gasteiger partial charge in [-0.05, 0) is 38.5 Å². The Morgan fingerprint density at radius 3 is 2.37 bits per heavy atom. The van der Waals surface area contributed by atoms with Crippen LogP contribution in [0.25, 0.3) is 0 Å². The summed E-state index contributed by atoms with van der Waals surface area (Å²) in [5.74, 6) is 0.881. The minimum atomic E-state index is -3.41. The third-order valence-electron chi connectivity index (χ3n) is 5.04. The quantitative estimate of drug-likeness (QED) is 0.725. The van der Waals surface area contributed by atoms with Crippen LogP contribution in [0.3, 0.4) is 0 Å². The Hall–Kier alpha value is -1.19. The average Bonchev–Trinajstić information content (AvgIpc) is 2.61. The number of nitrogens with zero attached hydrogens (tertiary/aromatic N) is 3. The van der Waals surface area contributed by atoms with Crippen LogP contribution in [0.4, 0.5) is 0 Å². The van der Waals surface area contributed by atoms with Crippen LogP contribution in [0.5, 0.6) is 5.75 Å². The molecule has 2 fully saturated rings. The Kier molecular flexibility index (Phi) is 6.75. The molecule has 1 aromatic carbocycles. The van der Waals surface area contributed by atoms with E-state index in [1.165, 1.54) is 5.56 Å². The Morgan fingerprint density at radius 1 is 1.07 bits per heavy atom. The predicted molar refractivity (Wildman–Crippen MR) is 105 cm³/mol. The van der Waals surface area contributed by atoms with Gasteiger partial charge in [0.05, 0.1) is 12.2 Å². The van der Waals surface area contributed by atoms with Crippen molar-refractivity contribution in [3.8, 4) is 5.75 Å². The molecule has 0 saturated carbocycles. The molecule has 2 heterocycles. The van der Waals surface area contributed by atoms with Gasteiger partial charge < -0.3 is 9.47 Å². The van der Waals surface area contributed by atoms with Gasteiger partial charge in [-0.1, -0.05) is 12.1 Å². The Labute approximate surface area is 163 Å². The molecule has 0 spiro atoms. The van der Waals surface area contributed by atoms with E-state index in [2.05, 4.69) is 4.90 Å². The number of piperazine rings is 1. The molecule has 27 heavy (non-hydrogen) atoms. The topological polar surface area (TPSA) is 62.3 Å². The van der Waals surface area contributed by atoms with E-state index in [9.17, 15) is 8.42 Å². The summed E-state index contributed by atoms with van der Waals surface area (Å²) in [6.07, 6.45) is -0.132. The van der Waals surface area contributed by atoms with Gasteiger partial charge in [0.25, 0.3) is 10.2 Å². The Balaban J connectivity index is 1.45. The van der Waals surface area contributed by atoms with E-state index in [-0.39, 0.29) is 12.2 Å². The van der Waals surface area contributed by atoms with E-state index in [0.717, 1.165) is 25.4 Å².